The summed E-state index contributed by atoms with van der Waals surface area (Å²) in [5.74, 6) is -0.257. The highest BCUT2D eigenvalue weighted by molar-refractivity contribution is 5.99. The van der Waals surface area contributed by atoms with Crippen molar-refractivity contribution in [1.82, 2.24) is 15.1 Å². The molecule has 0 aliphatic carbocycles. The zero-order valence-electron chi connectivity index (χ0n) is 14.2. The number of halogens is 1. The Balaban J connectivity index is 1.46. The van der Waals surface area contributed by atoms with Crippen LogP contribution in [0.5, 0.6) is 0 Å². The molecule has 3 aromatic rings. The number of amides is 1. The van der Waals surface area contributed by atoms with E-state index in [1.54, 1.807) is 18.3 Å². The number of carbonyl (C=O) groups excluding carboxylic acids is 1. The lowest BCUT2D eigenvalue weighted by Crippen LogP contribution is -2.48. The van der Waals surface area contributed by atoms with E-state index in [9.17, 15) is 9.18 Å². The molecule has 0 radical (unpaired) electrons. The number of hydrogen-bond acceptors (Lipinski definition) is 3. The molecular weight excluding hydrogens is 331 g/mol. The van der Waals surface area contributed by atoms with Crippen LogP contribution in [0.25, 0.3) is 11.3 Å². The number of carbonyl (C=O) groups is 1. The average Bonchev–Trinajstić information content (AvgIpc) is 3.19. The second-order valence-electron chi connectivity index (χ2n) is 6.28. The zero-order valence-corrected chi connectivity index (χ0v) is 14.2. The Morgan fingerprint density at radius 2 is 1.65 bits per heavy atom. The van der Waals surface area contributed by atoms with Crippen molar-refractivity contribution in [1.29, 1.82) is 0 Å². The molecule has 0 unspecified atom stereocenters. The Bertz CT molecular complexity index is 884. The third kappa shape index (κ3) is 3.18. The second kappa shape index (κ2) is 7.00. The van der Waals surface area contributed by atoms with Crippen LogP contribution in [0.4, 0.5) is 10.1 Å². The van der Waals surface area contributed by atoms with E-state index < -0.39 is 0 Å². The Labute approximate surface area is 151 Å². The number of benzene rings is 2. The summed E-state index contributed by atoms with van der Waals surface area (Å²) in [6.07, 6.45) is 1.59. The highest BCUT2D eigenvalue weighted by Gasteiger charge is 2.25. The first-order chi connectivity index (χ1) is 12.7. The molecule has 1 aliphatic rings. The molecule has 5 nitrogen and oxygen atoms in total. The lowest BCUT2D eigenvalue weighted by atomic mass is 10.1. The molecule has 1 N–H and O–H groups in total. The molecule has 1 aliphatic heterocycles. The van der Waals surface area contributed by atoms with E-state index in [-0.39, 0.29) is 11.7 Å². The minimum Gasteiger partial charge on any atom is -0.368 e. The fourth-order valence-corrected chi connectivity index (χ4v) is 3.26. The molecule has 2 heterocycles. The van der Waals surface area contributed by atoms with Gasteiger partial charge in [-0.2, -0.15) is 5.10 Å². The molecule has 1 fully saturated rings. The fourth-order valence-electron chi connectivity index (χ4n) is 3.26. The number of rotatable bonds is 3. The molecule has 0 spiro atoms. The maximum atomic E-state index is 13.1. The lowest BCUT2D eigenvalue weighted by Gasteiger charge is -2.36. The Morgan fingerprint density at radius 1 is 0.962 bits per heavy atom. The molecule has 1 amide bonds. The highest BCUT2D eigenvalue weighted by atomic mass is 19.1. The molecule has 0 saturated carbocycles. The number of nitrogens with one attached hydrogen (secondary N) is 1. The number of piperazine rings is 1. The van der Waals surface area contributed by atoms with Crippen molar-refractivity contribution in [2.75, 3.05) is 31.1 Å². The quantitative estimate of drug-likeness (QED) is 0.789. The maximum absolute atomic E-state index is 13.1. The van der Waals surface area contributed by atoms with Crippen LogP contribution < -0.4 is 4.90 Å². The van der Waals surface area contributed by atoms with Gasteiger partial charge in [0.25, 0.3) is 5.91 Å². The summed E-state index contributed by atoms with van der Waals surface area (Å²) in [5.41, 5.74) is 3.26. The van der Waals surface area contributed by atoms with Gasteiger partial charge in [-0.05, 0) is 24.3 Å². The van der Waals surface area contributed by atoms with Crippen molar-refractivity contribution < 1.29 is 9.18 Å². The molecule has 6 heteroatoms. The van der Waals surface area contributed by atoms with Crippen molar-refractivity contribution >= 4 is 11.6 Å². The van der Waals surface area contributed by atoms with E-state index in [0.717, 1.165) is 30.0 Å². The minimum atomic E-state index is -0.240. The van der Waals surface area contributed by atoms with Gasteiger partial charge in [0.05, 0.1) is 17.5 Å². The smallest absolute Gasteiger partial charge is 0.257 e. The molecule has 132 valence electrons. The van der Waals surface area contributed by atoms with E-state index in [4.69, 9.17) is 0 Å². The van der Waals surface area contributed by atoms with Gasteiger partial charge in [-0.25, -0.2) is 4.39 Å². The third-order valence-corrected chi connectivity index (χ3v) is 4.69. The Hall–Kier alpha value is -3.15. The summed E-state index contributed by atoms with van der Waals surface area (Å²) in [6, 6.07) is 16.2. The van der Waals surface area contributed by atoms with E-state index in [2.05, 4.69) is 15.1 Å². The molecule has 1 aromatic heterocycles. The van der Waals surface area contributed by atoms with Gasteiger partial charge in [0, 0.05) is 37.4 Å². The monoisotopic (exact) mass is 350 g/mol. The third-order valence-electron chi connectivity index (χ3n) is 4.69. The van der Waals surface area contributed by atoms with Gasteiger partial charge in [-0.1, -0.05) is 30.3 Å². The summed E-state index contributed by atoms with van der Waals surface area (Å²) < 4.78 is 13.1. The van der Waals surface area contributed by atoms with Crippen molar-refractivity contribution in [3.05, 3.63) is 72.2 Å². The van der Waals surface area contributed by atoms with Crippen molar-refractivity contribution in [2.45, 2.75) is 0 Å². The number of nitrogens with zero attached hydrogens (tertiary/aromatic N) is 3. The Morgan fingerprint density at radius 3 is 2.35 bits per heavy atom. The van der Waals surface area contributed by atoms with Crippen molar-refractivity contribution in [2.24, 2.45) is 0 Å². The van der Waals surface area contributed by atoms with Crippen LogP contribution >= 0.6 is 0 Å². The van der Waals surface area contributed by atoms with E-state index in [1.807, 2.05) is 35.2 Å². The molecule has 1 saturated heterocycles. The number of aromatic nitrogens is 2. The van der Waals surface area contributed by atoms with Crippen LogP contribution in [0.2, 0.25) is 0 Å². The number of hydrogen-bond donors (Lipinski definition) is 1. The van der Waals surface area contributed by atoms with E-state index in [1.165, 1.54) is 12.1 Å². The minimum absolute atomic E-state index is 0.0173. The SMILES string of the molecule is O=C(c1cn[nH]c1-c1ccccc1)N1CCN(c2ccc(F)cc2)CC1. The molecule has 26 heavy (non-hydrogen) atoms. The highest BCUT2D eigenvalue weighted by Crippen LogP contribution is 2.23. The van der Waals surface area contributed by atoms with Crippen LogP contribution in [0, 0.1) is 5.82 Å². The summed E-state index contributed by atoms with van der Waals surface area (Å²) in [5, 5.41) is 7.01. The number of aromatic amines is 1. The van der Waals surface area contributed by atoms with Crippen LogP contribution in [0.3, 0.4) is 0 Å². The summed E-state index contributed by atoms with van der Waals surface area (Å²) in [6.45, 7) is 2.68. The second-order valence-corrected chi connectivity index (χ2v) is 6.28. The topological polar surface area (TPSA) is 52.2 Å². The molecule has 0 atom stereocenters. The first-order valence-corrected chi connectivity index (χ1v) is 8.61. The number of H-pyrrole nitrogens is 1. The Kier molecular flexibility index (Phi) is 4.39. The molecule has 2 aromatic carbocycles. The molecule has 4 rings (SSSR count). The summed E-state index contributed by atoms with van der Waals surface area (Å²) in [4.78, 5) is 16.9. The first-order valence-electron chi connectivity index (χ1n) is 8.61. The van der Waals surface area contributed by atoms with Crippen molar-refractivity contribution in [3.8, 4) is 11.3 Å². The number of anilines is 1. The largest absolute Gasteiger partial charge is 0.368 e. The van der Waals surface area contributed by atoms with Crippen molar-refractivity contribution in [3.63, 3.8) is 0 Å². The van der Waals surface area contributed by atoms with Crippen LogP contribution in [-0.2, 0) is 0 Å². The maximum Gasteiger partial charge on any atom is 0.257 e. The normalized spacial score (nSPS) is 14.5. The van der Waals surface area contributed by atoms with E-state index in [0.29, 0.717) is 18.7 Å². The van der Waals surface area contributed by atoms with Gasteiger partial charge < -0.3 is 9.80 Å². The van der Waals surface area contributed by atoms with Gasteiger partial charge in [-0.15, -0.1) is 0 Å². The average molecular weight is 350 g/mol. The van der Waals surface area contributed by atoms with Gasteiger partial charge in [0.1, 0.15) is 5.82 Å². The molecule has 0 bridgehead atoms. The zero-order chi connectivity index (χ0) is 17.9. The van der Waals surface area contributed by atoms with Gasteiger partial charge >= 0.3 is 0 Å². The van der Waals surface area contributed by atoms with Gasteiger partial charge in [0.15, 0.2) is 0 Å². The standard InChI is InChI=1S/C20H19FN4O/c21-16-6-8-17(9-7-16)24-10-12-25(13-11-24)20(26)18-14-22-23-19(18)15-4-2-1-3-5-15/h1-9,14H,10-13H2,(H,22,23). The van der Waals surface area contributed by atoms with Gasteiger partial charge in [-0.3, -0.25) is 9.89 Å². The predicted molar refractivity (Wildman–Crippen MR) is 98.5 cm³/mol. The van der Waals surface area contributed by atoms with Crippen LogP contribution in [0.1, 0.15) is 10.4 Å². The molecular formula is C20H19FN4O. The predicted octanol–water partition coefficient (Wildman–Crippen LogP) is 3.18. The van der Waals surface area contributed by atoms with Crippen LogP contribution in [0.15, 0.2) is 60.8 Å². The van der Waals surface area contributed by atoms with E-state index >= 15 is 0 Å². The summed E-state index contributed by atoms with van der Waals surface area (Å²) >= 11 is 0. The van der Waals surface area contributed by atoms with Gasteiger partial charge in [0.2, 0.25) is 0 Å². The lowest BCUT2D eigenvalue weighted by molar-refractivity contribution is 0.0747. The van der Waals surface area contributed by atoms with Crippen LogP contribution in [-0.4, -0.2) is 47.2 Å². The fraction of sp³-hybridized carbons (Fsp3) is 0.200. The summed E-state index contributed by atoms with van der Waals surface area (Å²) in [7, 11) is 0. The first kappa shape index (κ1) is 16.3.